The van der Waals surface area contributed by atoms with Crippen molar-refractivity contribution in [3.05, 3.63) is 29.8 Å². The lowest BCUT2D eigenvalue weighted by atomic mass is 10.2. The average Bonchev–Trinajstić information content (AvgIpc) is 2.34. The molecule has 96 valence electrons. The van der Waals surface area contributed by atoms with Crippen molar-refractivity contribution in [1.29, 1.82) is 0 Å². The number of carbonyl (C=O) groups is 1. The molecular formula is C12H19ClN2OS. The van der Waals surface area contributed by atoms with E-state index >= 15 is 0 Å². The van der Waals surface area contributed by atoms with Gasteiger partial charge >= 0.3 is 0 Å². The Labute approximate surface area is 113 Å². The first-order valence-corrected chi connectivity index (χ1v) is 6.53. The number of thioether (sulfide) groups is 1. The van der Waals surface area contributed by atoms with E-state index in [1.54, 1.807) is 11.8 Å². The van der Waals surface area contributed by atoms with Gasteiger partial charge in [0.1, 0.15) is 0 Å². The van der Waals surface area contributed by atoms with Crippen molar-refractivity contribution in [1.82, 2.24) is 10.6 Å². The zero-order chi connectivity index (χ0) is 11.8. The van der Waals surface area contributed by atoms with Crippen molar-refractivity contribution in [2.75, 3.05) is 19.8 Å². The zero-order valence-electron chi connectivity index (χ0n) is 10.2. The molecule has 0 unspecified atom stereocenters. The summed E-state index contributed by atoms with van der Waals surface area (Å²) in [5.41, 5.74) is 1.13. The summed E-state index contributed by atoms with van der Waals surface area (Å²) in [6.45, 7) is 1.33. The van der Waals surface area contributed by atoms with Crippen molar-refractivity contribution in [3.8, 4) is 0 Å². The van der Waals surface area contributed by atoms with Crippen LogP contribution < -0.4 is 10.6 Å². The first kappa shape index (κ1) is 16.3. The second-order valence-corrected chi connectivity index (χ2v) is 4.36. The highest BCUT2D eigenvalue weighted by Gasteiger charge is 2.00. The fourth-order valence-corrected chi connectivity index (χ4v) is 1.68. The van der Waals surface area contributed by atoms with Crippen LogP contribution in [0.5, 0.6) is 0 Å². The third-order valence-electron chi connectivity index (χ3n) is 2.25. The predicted molar refractivity (Wildman–Crippen MR) is 75.9 cm³/mol. The molecule has 17 heavy (non-hydrogen) atoms. The standard InChI is InChI=1S/C12H18N2OS.ClH/c1-13-8-7-12(15)14-9-10-3-5-11(16-2)6-4-10;/h3-6,13H,7-9H2,1-2H3,(H,14,15);1H. The van der Waals surface area contributed by atoms with E-state index in [1.807, 2.05) is 19.2 Å². The van der Waals surface area contributed by atoms with Crippen LogP contribution in [0, 0.1) is 0 Å². The lowest BCUT2D eigenvalue weighted by Gasteiger charge is -2.05. The molecule has 0 heterocycles. The van der Waals surface area contributed by atoms with Crippen LogP contribution in [0.1, 0.15) is 12.0 Å². The van der Waals surface area contributed by atoms with Gasteiger partial charge in [0.25, 0.3) is 0 Å². The summed E-state index contributed by atoms with van der Waals surface area (Å²) in [7, 11) is 1.84. The quantitative estimate of drug-likeness (QED) is 0.780. The van der Waals surface area contributed by atoms with Crippen molar-refractivity contribution in [2.24, 2.45) is 0 Å². The SMILES string of the molecule is CNCCC(=O)NCc1ccc(SC)cc1.Cl. The van der Waals surface area contributed by atoms with Crippen molar-refractivity contribution < 1.29 is 4.79 Å². The van der Waals surface area contributed by atoms with E-state index in [1.165, 1.54) is 4.90 Å². The number of rotatable bonds is 6. The highest BCUT2D eigenvalue weighted by atomic mass is 35.5. The molecule has 0 aliphatic carbocycles. The molecule has 0 atom stereocenters. The summed E-state index contributed by atoms with van der Waals surface area (Å²) >= 11 is 1.72. The monoisotopic (exact) mass is 274 g/mol. The van der Waals surface area contributed by atoms with Crippen LogP contribution in [0.2, 0.25) is 0 Å². The maximum Gasteiger partial charge on any atom is 0.221 e. The number of nitrogens with one attached hydrogen (secondary N) is 2. The Hall–Kier alpha value is -0.710. The van der Waals surface area contributed by atoms with E-state index in [0.29, 0.717) is 13.0 Å². The summed E-state index contributed by atoms with van der Waals surface area (Å²) < 4.78 is 0. The van der Waals surface area contributed by atoms with E-state index < -0.39 is 0 Å². The van der Waals surface area contributed by atoms with Crippen molar-refractivity contribution in [2.45, 2.75) is 17.9 Å². The molecule has 2 N–H and O–H groups in total. The minimum atomic E-state index is 0. The fourth-order valence-electron chi connectivity index (χ4n) is 1.27. The number of hydrogen-bond donors (Lipinski definition) is 2. The molecule has 0 radical (unpaired) electrons. The molecule has 0 saturated carbocycles. The zero-order valence-corrected chi connectivity index (χ0v) is 11.8. The third kappa shape index (κ3) is 6.56. The molecule has 0 aliphatic rings. The van der Waals surface area contributed by atoms with E-state index in [0.717, 1.165) is 12.1 Å². The van der Waals surface area contributed by atoms with Gasteiger partial charge in [0.2, 0.25) is 5.91 Å². The maximum absolute atomic E-state index is 11.3. The van der Waals surface area contributed by atoms with E-state index in [4.69, 9.17) is 0 Å². The van der Waals surface area contributed by atoms with Gasteiger partial charge in [-0.2, -0.15) is 0 Å². The Bertz CT molecular complexity index is 330. The number of benzene rings is 1. The summed E-state index contributed by atoms with van der Waals surface area (Å²) in [4.78, 5) is 12.6. The molecule has 3 nitrogen and oxygen atoms in total. The predicted octanol–water partition coefficient (Wildman–Crippen LogP) is 2.06. The van der Waals surface area contributed by atoms with Gasteiger partial charge < -0.3 is 10.6 Å². The Morgan fingerprint density at radius 1 is 1.29 bits per heavy atom. The number of amides is 1. The van der Waals surface area contributed by atoms with Gasteiger partial charge in [0, 0.05) is 24.4 Å². The Morgan fingerprint density at radius 2 is 1.94 bits per heavy atom. The van der Waals surface area contributed by atoms with Crippen LogP contribution in [0.15, 0.2) is 29.2 Å². The van der Waals surface area contributed by atoms with E-state index in [-0.39, 0.29) is 18.3 Å². The molecule has 5 heteroatoms. The molecule has 0 aliphatic heterocycles. The number of halogens is 1. The van der Waals surface area contributed by atoms with Crippen molar-refractivity contribution in [3.63, 3.8) is 0 Å². The highest BCUT2D eigenvalue weighted by Crippen LogP contribution is 2.14. The van der Waals surface area contributed by atoms with Gasteiger partial charge in [-0.15, -0.1) is 24.2 Å². The first-order valence-electron chi connectivity index (χ1n) is 5.30. The maximum atomic E-state index is 11.3. The minimum absolute atomic E-state index is 0. The Morgan fingerprint density at radius 3 is 2.47 bits per heavy atom. The van der Waals surface area contributed by atoms with Crippen LogP contribution in [-0.2, 0) is 11.3 Å². The summed E-state index contributed by atoms with van der Waals surface area (Å²) in [5.74, 6) is 0.0864. The fraction of sp³-hybridized carbons (Fsp3) is 0.417. The first-order chi connectivity index (χ1) is 7.76. The lowest BCUT2D eigenvalue weighted by molar-refractivity contribution is -0.121. The summed E-state index contributed by atoms with van der Waals surface area (Å²) in [6, 6.07) is 8.23. The van der Waals surface area contributed by atoms with Crippen LogP contribution in [0.4, 0.5) is 0 Å². The van der Waals surface area contributed by atoms with Gasteiger partial charge in [-0.05, 0) is 31.0 Å². The lowest BCUT2D eigenvalue weighted by Crippen LogP contribution is -2.26. The van der Waals surface area contributed by atoms with Gasteiger partial charge in [0.15, 0.2) is 0 Å². The van der Waals surface area contributed by atoms with Crippen LogP contribution >= 0.6 is 24.2 Å². The van der Waals surface area contributed by atoms with Crippen LogP contribution in [0.25, 0.3) is 0 Å². The second kappa shape index (κ2) is 9.33. The molecular weight excluding hydrogens is 256 g/mol. The molecule has 1 aromatic carbocycles. The Balaban J connectivity index is 0.00000256. The average molecular weight is 275 g/mol. The molecule has 0 saturated heterocycles. The van der Waals surface area contributed by atoms with E-state index in [2.05, 4.69) is 29.0 Å². The minimum Gasteiger partial charge on any atom is -0.352 e. The topological polar surface area (TPSA) is 41.1 Å². The largest absolute Gasteiger partial charge is 0.352 e. The summed E-state index contributed by atoms with van der Waals surface area (Å²) in [6.07, 6.45) is 2.58. The molecule has 0 aromatic heterocycles. The smallest absolute Gasteiger partial charge is 0.221 e. The second-order valence-electron chi connectivity index (χ2n) is 3.48. The Kier molecular flexibility index (Phi) is 8.94. The van der Waals surface area contributed by atoms with Crippen LogP contribution in [0.3, 0.4) is 0 Å². The van der Waals surface area contributed by atoms with Gasteiger partial charge in [-0.1, -0.05) is 12.1 Å². The third-order valence-corrected chi connectivity index (χ3v) is 2.99. The van der Waals surface area contributed by atoms with Crippen LogP contribution in [-0.4, -0.2) is 25.8 Å². The van der Waals surface area contributed by atoms with E-state index in [9.17, 15) is 4.79 Å². The molecule has 1 aromatic rings. The number of carbonyl (C=O) groups excluding carboxylic acids is 1. The number of hydrogen-bond acceptors (Lipinski definition) is 3. The van der Waals surface area contributed by atoms with Crippen molar-refractivity contribution >= 4 is 30.1 Å². The molecule has 1 rings (SSSR count). The van der Waals surface area contributed by atoms with Gasteiger partial charge in [0.05, 0.1) is 0 Å². The summed E-state index contributed by atoms with van der Waals surface area (Å²) in [5, 5.41) is 5.83. The molecule has 0 spiro atoms. The molecule has 0 bridgehead atoms. The molecule has 0 fully saturated rings. The normalized spacial score (nSPS) is 9.53. The highest BCUT2D eigenvalue weighted by molar-refractivity contribution is 7.98. The van der Waals surface area contributed by atoms with Gasteiger partial charge in [-0.25, -0.2) is 0 Å². The van der Waals surface area contributed by atoms with Gasteiger partial charge in [-0.3, -0.25) is 4.79 Å². The molecule has 1 amide bonds.